The summed E-state index contributed by atoms with van der Waals surface area (Å²) < 4.78 is 2.21. The van der Waals surface area contributed by atoms with Crippen LogP contribution in [0.4, 0.5) is 0 Å². The number of halogens is 1. The van der Waals surface area contributed by atoms with Gasteiger partial charge in [0.15, 0.2) is 5.96 Å². The molecule has 0 amide bonds. The van der Waals surface area contributed by atoms with E-state index >= 15 is 0 Å². The lowest BCUT2D eigenvalue weighted by atomic mass is 9.97. The lowest BCUT2D eigenvalue weighted by Crippen LogP contribution is -2.38. The van der Waals surface area contributed by atoms with Gasteiger partial charge in [0.2, 0.25) is 0 Å². The summed E-state index contributed by atoms with van der Waals surface area (Å²) in [6.07, 6.45) is 12.6. The molecule has 1 aliphatic rings. The maximum absolute atomic E-state index is 4.44. The summed E-state index contributed by atoms with van der Waals surface area (Å²) in [6.45, 7) is 7.07. The maximum Gasteiger partial charge on any atom is 0.191 e. The molecule has 1 aromatic rings. The highest BCUT2D eigenvalue weighted by molar-refractivity contribution is 14.0. The van der Waals surface area contributed by atoms with Crippen LogP contribution >= 0.6 is 24.0 Å². The monoisotopic (exact) mass is 445 g/mol. The Bertz CT molecular complexity index is 533. The van der Waals surface area contributed by atoms with Gasteiger partial charge in [0.25, 0.3) is 0 Å². The van der Waals surface area contributed by atoms with Crippen molar-refractivity contribution in [3.05, 3.63) is 29.9 Å². The van der Waals surface area contributed by atoms with E-state index in [1.807, 2.05) is 19.4 Å². The Morgan fingerprint density at radius 3 is 2.83 bits per heavy atom. The smallest absolute Gasteiger partial charge is 0.191 e. The second kappa shape index (κ2) is 11.5. The van der Waals surface area contributed by atoms with Crippen molar-refractivity contribution in [2.75, 3.05) is 13.6 Å². The van der Waals surface area contributed by atoms with Crippen LogP contribution in [-0.2, 0) is 13.1 Å². The van der Waals surface area contributed by atoms with E-state index in [2.05, 4.69) is 45.1 Å². The molecule has 136 valence electrons. The van der Waals surface area contributed by atoms with Crippen molar-refractivity contribution in [3.8, 4) is 0 Å². The van der Waals surface area contributed by atoms with Crippen molar-refractivity contribution in [2.45, 2.75) is 59.0 Å². The van der Waals surface area contributed by atoms with E-state index in [-0.39, 0.29) is 24.0 Å². The van der Waals surface area contributed by atoms with Gasteiger partial charge in [-0.15, -0.1) is 24.0 Å². The molecule has 0 bridgehead atoms. The number of rotatable bonds is 7. The Morgan fingerprint density at radius 1 is 1.33 bits per heavy atom. The minimum atomic E-state index is 0. The van der Waals surface area contributed by atoms with Gasteiger partial charge in [0.1, 0.15) is 5.82 Å². The fourth-order valence-electron chi connectivity index (χ4n) is 2.92. The van der Waals surface area contributed by atoms with Gasteiger partial charge < -0.3 is 15.2 Å². The van der Waals surface area contributed by atoms with Crippen LogP contribution < -0.4 is 10.6 Å². The van der Waals surface area contributed by atoms with E-state index in [4.69, 9.17) is 0 Å². The Hall–Kier alpha value is -1.05. The number of hydrogen-bond acceptors (Lipinski definition) is 2. The number of nitrogens with one attached hydrogen (secondary N) is 2. The van der Waals surface area contributed by atoms with Crippen LogP contribution in [0.2, 0.25) is 0 Å². The highest BCUT2D eigenvalue weighted by Crippen LogP contribution is 2.19. The Morgan fingerprint density at radius 2 is 2.17 bits per heavy atom. The number of hydrogen-bond donors (Lipinski definition) is 2. The number of imidazole rings is 1. The Labute approximate surface area is 163 Å². The summed E-state index contributed by atoms with van der Waals surface area (Å²) in [5, 5.41) is 6.76. The third-order valence-corrected chi connectivity index (χ3v) is 4.12. The molecule has 0 unspecified atom stereocenters. The lowest BCUT2D eigenvalue weighted by molar-refractivity contribution is 0.503. The third kappa shape index (κ3) is 7.23. The SMILES string of the molecule is CN=C(NCCC1=CCCCC1)NCc1nccn1CC(C)C.I. The molecule has 0 fully saturated rings. The highest BCUT2D eigenvalue weighted by atomic mass is 127. The summed E-state index contributed by atoms with van der Waals surface area (Å²) in [7, 11) is 1.82. The number of allylic oxidation sites excluding steroid dienone is 1. The van der Waals surface area contributed by atoms with Crippen molar-refractivity contribution >= 4 is 29.9 Å². The average Bonchev–Trinajstić information content (AvgIpc) is 2.98. The summed E-state index contributed by atoms with van der Waals surface area (Å²) in [5.74, 6) is 2.52. The minimum absolute atomic E-state index is 0. The van der Waals surface area contributed by atoms with Crippen LogP contribution in [0.15, 0.2) is 29.0 Å². The fourth-order valence-corrected chi connectivity index (χ4v) is 2.92. The zero-order valence-electron chi connectivity index (χ0n) is 15.2. The molecule has 24 heavy (non-hydrogen) atoms. The molecule has 0 radical (unpaired) electrons. The van der Waals surface area contributed by atoms with Gasteiger partial charge in [0.05, 0.1) is 6.54 Å². The van der Waals surface area contributed by atoms with Crippen LogP contribution in [-0.4, -0.2) is 29.1 Å². The van der Waals surface area contributed by atoms with Gasteiger partial charge >= 0.3 is 0 Å². The molecule has 0 saturated carbocycles. The van der Waals surface area contributed by atoms with Crippen LogP contribution in [0.5, 0.6) is 0 Å². The molecule has 5 nitrogen and oxygen atoms in total. The van der Waals surface area contributed by atoms with E-state index in [1.165, 1.54) is 25.7 Å². The second-order valence-electron chi connectivity index (χ2n) is 6.60. The van der Waals surface area contributed by atoms with Crippen LogP contribution in [0.3, 0.4) is 0 Å². The van der Waals surface area contributed by atoms with E-state index in [0.717, 1.165) is 31.3 Å². The van der Waals surface area contributed by atoms with E-state index in [0.29, 0.717) is 12.5 Å². The van der Waals surface area contributed by atoms with Crippen molar-refractivity contribution < 1.29 is 0 Å². The van der Waals surface area contributed by atoms with Crippen LogP contribution in [0, 0.1) is 5.92 Å². The maximum atomic E-state index is 4.44. The third-order valence-electron chi connectivity index (χ3n) is 4.12. The summed E-state index contributed by atoms with van der Waals surface area (Å²) >= 11 is 0. The Kier molecular flexibility index (Phi) is 10.1. The standard InChI is InChI=1S/C18H31N5.HI/c1-15(2)14-23-12-11-20-17(23)13-22-18(19-3)21-10-9-16-7-5-4-6-8-16;/h7,11-12,15H,4-6,8-10,13-14H2,1-3H3,(H2,19,21,22);1H. The zero-order chi connectivity index (χ0) is 16.5. The molecule has 0 saturated heterocycles. The summed E-state index contributed by atoms with van der Waals surface area (Å²) in [6, 6.07) is 0. The van der Waals surface area contributed by atoms with Gasteiger partial charge in [-0.1, -0.05) is 25.5 Å². The molecular weight excluding hydrogens is 413 g/mol. The normalized spacial score (nSPS) is 15.0. The van der Waals surface area contributed by atoms with Crippen molar-refractivity contribution in [3.63, 3.8) is 0 Å². The second-order valence-corrected chi connectivity index (χ2v) is 6.60. The Balaban J connectivity index is 0.00000288. The minimum Gasteiger partial charge on any atom is -0.356 e. The van der Waals surface area contributed by atoms with Crippen molar-refractivity contribution in [1.82, 2.24) is 20.2 Å². The average molecular weight is 445 g/mol. The molecule has 0 atom stereocenters. The molecule has 0 aliphatic heterocycles. The quantitative estimate of drug-likeness (QED) is 0.291. The van der Waals surface area contributed by atoms with Crippen LogP contribution in [0.25, 0.3) is 0 Å². The largest absolute Gasteiger partial charge is 0.356 e. The van der Waals surface area contributed by atoms with Crippen molar-refractivity contribution in [1.29, 1.82) is 0 Å². The van der Waals surface area contributed by atoms with Gasteiger partial charge in [-0.05, 0) is 38.0 Å². The first-order chi connectivity index (χ1) is 11.2. The molecule has 1 heterocycles. The predicted octanol–water partition coefficient (Wildman–Crippen LogP) is 3.71. The van der Waals surface area contributed by atoms with E-state index in [9.17, 15) is 0 Å². The molecular formula is C18H32IN5. The first-order valence-electron chi connectivity index (χ1n) is 8.81. The fraction of sp³-hybridized carbons (Fsp3) is 0.667. The number of aliphatic imine (C=N–C) groups is 1. The first kappa shape index (κ1) is 21.0. The zero-order valence-corrected chi connectivity index (χ0v) is 17.5. The van der Waals surface area contributed by atoms with Gasteiger partial charge in [-0.3, -0.25) is 4.99 Å². The topological polar surface area (TPSA) is 54.2 Å². The van der Waals surface area contributed by atoms with E-state index < -0.39 is 0 Å². The van der Waals surface area contributed by atoms with Gasteiger partial charge in [0, 0.05) is 32.5 Å². The molecule has 6 heteroatoms. The molecule has 0 spiro atoms. The summed E-state index contributed by atoms with van der Waals surface area (Å²) in [5.41, 5.74) is 1.59. The lowest BCUT2D eigenvalue weighted by Gasteiger charge is -2.16. The van der Waals surface area contributed by atoms with Gasteiger partial charge in [-0.25, -0.2) is 4.98 Å². The van der Waals surface area contributed by atoms with Crippen LogP contribution in [0.1, 0.15) is 51.8 Å². The van der Waals surface area contributed by atoms with E-state index in [1.54, 1.807) is 5.57 Å². The molecule has 1 aliphatic carbocycles. The first-order valence-corrected chi connectivity index (χ1v) is 8.81. The van der Waals surface area contributed by atoms with Crippen molar-refractivity contribution in [2.24, 2.45) is 10.9 Å². The molecule has 0 aromatic carbocycles. The predicted molar refractivity (Wildman–Crippen MR) is 112 cm³/mol. The highest BCUT2D eigenvalue weighted by Gasteiger charge is 2.07. The number of aromatic nitrogens is 2. The number of nitrogens with zero attached hydrogens (tertiary/aromatic N) is 3. The molecule has 1 aromatic heterocycles. The number of guanidine groups is 1. The molecule has 2 rings (SSSR count). The summed E-state index contributed by atoms with van der Waals surface area (Å²) in [4.78, 5) is 8.74. The molecule has 2 N–H and O–H groups in total. The van der Waals surface area contributed by atoms with Gasteiger partial charge in [-0.2, -0.15) is 0 Å².